The number of carbonyl (C=O) groups is 1. The third kappa shape index (κ3) is 7.72. The summed E-state index contributed by atoms with van der Waals surface area (Å²) in [6.45, 7) is 27.0. The van der Waals surface area contributed by atoms with Gasteiger partial charge in [-0.05, 0) is 121 Å². The fourth-order valence-electron chi connectivity index (χ4n) is 7.09. The van der Waals surface area contributed by atoms with Crippen molar-refractivity contribution in [2.75, 3.05) is 73.5 Å². The molecule has 3 unspecified atom stereocenters. The summed E-state index contributed by atoms with van der Waals surface area (Å²) in [7, 11) is 6.74. The summed E-state index contributed by atoms with van der Waals surface area (Å²) in [4.78, 5) is 28.1. The standard InChI is InChI=1S/C31H62N6O/c1-25(38)37-21-20-36(24-28(37)27-23-34(29(2,3)4)19-13-17-33(27)11)31(7,8)16-15-30(5,6)35-18-12-14-26(22-35)32(9)10/h26-28H,12-24H2,1-11H3. The molecule has 3 saturated heterocycles. The molecule has 0 aromatic rings. The first-order valence-electron chi connectivity index (χ1n) is 15.4. The maximum absolute atomic E-state index is 12.9. The van der Waals surface area contributed by atoms with E-state index in [1.165, 1.54) is 45.2 Å². The monoisotopic (exact) mass is 534 g/mol. The van der Waals surface area contributed by atoms with Crippen molar-refractivity contribution in [3.8, 4) is 0 Å². The van der Waals surface area contributed by atoms with E-state index in [1.54, 1.807) is 6.92 Å². The van der Waals surface area contributed by atoms with Crippen molar-refractivity contribution >= 4 is 5.91 Å². The Balaban J connectivity index is 1.72. The van der Waals surface area contributed by atoms with E-state index in [0.717, 1.165) is 39.3 Å². The van der Waals surface area contributed by atoms with E-state index in [-0.39, 0.29) is 28.6 Å². The first-order chi connectivity index (χ1) is 17.5. The van der Waals surface area contributed by atoms with E-state index in [1.807, 2.05) is 0 Å². The van der Waals surface area contributed by atoms with Crippen molar-refractivity contribution in [1.82, 2.24) is 29.4 Å². The van der Waals surface area contributed by atoms with E-state index >= 15 is 0 Å². The Bertz CT molecular complexity index is 775. The number of nitrogens with zero attached hydrogens (tertiary/aromatic N) is 6. The summed E-state index contributed by atoms with van der Waals surface area (Å²) >= 11 is 0. The predicted octanol–water partition coefficient (Wildman–Crippen LogP) is 3.69. The highest BCUT2D eigenvalue weighted by Gasteiger charge is 2.43. The van der Waals surface area contributed by atoms with E-state index in [2.05, 4.69) is 99.0 Å². The van der Waals surface area contributed by atoms with Gasteiger partial charge in [0.25, 0.3) is 0 Å². The van der Waals surface area contributed by atoms with Crippen LogP contribution in [0.3, 0.4) is 0 Å². The molecule has 1 amide bonds. The number of piperazine rings is 1. The molecule has 0 radical (unpaired) electrons. The second-order valence-corrected chi connectivity index (χ2v) is 15.1. The van der Waals surface area contributed by atoms with Crippen LogP contribution in [0.4, 0.5) is 0 Å². The Labute approximate surface area is 235 Å². The zero-order chi connectivity index (χ0) is 28.5. The van der Waals surface area contributed by atoms with E-state index < -0.39 is 0 Å². The molecule has 0 N–H and O–H groups in total. The van der Waals surface area contributed by atoms with Gasteiger partial charge in [-0.15, -0.1) is 0 Å². The zero-order valence-corrected chi connectivity index (χ0v) is 27.0. The minimum atomic E-state index is 0.0994. The molecule has 3 rings (SSSR count). The number of likely N-dealkylation sites (N-methyl/N-ethyl adjacent to an activating group) is 2. The highest BCUT2D eigenvalue weighted by Crippen LogP contribution is 2.33. The second kappa shape index (κ2) is 12.4. The van der Waals surface area contributed by atoms with Crippen molar-refractivity contribution in [1.29, 1.82) is 0 Å². The van der Waals surface area contributed by atoms with Gasteiger partial charge in [0.05, 0.1) is 6.04 Å². The number of amides is 1. The lowest BCUT2D eigenvalue weighted by atomic mass is 9.84. The van der Waals surface area contributed by atoms with E-state index in [9.17, 15) is 4.79 Å². The smallest absolute Gasteiger partial charge is 0.219 e. The lowest BCUT2D eigenvalue weighted by molar-refractivity contribution is -0.138. The fourth-order valence-corrected chi connectivity index (χ4v) is 7.09. The normalized spacial score (nSPS) is 28.6. The summed E-state index contributed by atoms with van der Waals surface area (Å²) in [5, 5.41) is 0. The molecule has 0 aliphatic carbocycles. The maximum Gasteiger partial charge on any atom is 0.219 e. The molecular formula is C31H62N6O. The Kier molecular flexibility index (Phi) is 10.4. The van der Waals surface area contributed by atoms with Gasteiger partial charge in [0, 0.05) is 68.3 Å². The van der Waals surface area contributed by atoms with Crippen molar-refractivity contribution in [2.24, 2.45) is 0 Å². The predicted molar refractivity (Wildman–Crippen MR) is 161 cm³/mol. The molecular weight excluding hydrogens is 472 g/mol. The Morgan fingerprint density at radius 2 is 1.29 bits per heavy atom. The van der Waals surface area contributed by atoms with Crippen molar-refractivity contribution in [2.45, 2.75) is 122 Å². The van der Waals surface area contributed by atoms with Gasteiger partial charge in [0.2, 0.25) is 5.91 Å². The Hall–Kier alpha value is -0.730. The Morgan fingerprint density at radius 1 is 0.737 bits per heavy atom. The molecule has 3 aliphatic rings. The molecule has 0 aromatic heterocycles. The largest absolute Gasteiger partial charge is 0.336 e. The van der Waals surface area contributed by atoms with Crippen LogP contribution in [-0.4, -0.2) is 144 Å². The average molecular weight is 535 g/mol. The number of carbonyl (C=O) groups excluding carboxylic acids is 1. The molecule has 0 spiro atoms. The molecule has 3 fully saturated rings. The number of hydrogen-bond acceptors (Lipinski definition) is 6. The number of piperidine rings is 1. The summed E-state index contributed by atoms with van der Waals surface area (Å²) in [5.74, 6) is 0.231. The SMILES string of the molecule is CC(=O)N1CCN(C(C)(C)CCC(C)(C)N2CCCC(N(C)C)C2)CC1C1CN(C(C)(C)C)CCCN1C. The first kappa shape index (κ1) is 31.8. The quantitative estimate of drug-likeness (QED) is 0.496. The highest BCUT2D eigenvalue weighted by molar-refractivity contribution is 5.74. The van der Waals surface area contributed by atoms with Gasteiger partial charge in [-0.25, -0.2) is 0 Å². The summed E-state index contributed by atoms with van der Waals surface area (Å²) in [6, 6.07) is 1.25. The number of rotatable bonds is 7. The van der Waals surface area contributed by atoms with Crippen LogP contribution < -0.4 is 0 Å². The summed E-state index contributed by atoms with van der Waals surface area (Å²) in [6.07, 6.45) is 6.16. The van der Waals surface area contributed by atoms with Crippen molar-refractivity contribution in [3.05, 3.63) is 0 Å². The fraction of sp³-hybridized carbons (Fsp3) is 0.968. The molecule has 0 bridgehead atoms. The third-order valence-corrected chi connectivity index (χ3v) is 10.3. The van der Waals surface area contributed by atoms with Crippen molar-refractivity contribution < 1.29 is 4.79 Å². The topological polar surface area (TPSA) is 36.5 Å². The van der Waals surface area contributed by atoms with Crippen LogP contribution in [0.5, 0.6) is 0 Å². The molecule has 0 aromatic carbocycles. The molecule has 7 heteroatoms. The molecule has 3 atom stereocenters. The second-order valence-electron chi connectivity index (χ2n) is 15.1. The number of hydrogen-bond donors (Lipinski definition) is 0. The molecule has 3 heterocycles. The Morgan fingerprint density at radius 3 is 1.84 bits per heavy atom. The van der Waals surface area contributed by atoms with Gasteiger partial charge >= 0.3 is 0 Å². The van der Waals surface area contributed by atoms with Gasteiger partial charge in [-0.1, -0.05) is 0 Å². The number of likely N-dealkylation sites (tertiary alicyclic amines) is 1. The van der Waals surface area contributed by atoms with Crippen molar-refractivity contribution in [3.63, 3.8) is 0 Å². The van der Waals surface area contributed by atoms with Gasteiger partial charge in [-0.3, -0.25) is 24.4 Å². The first-order valence-corrected chi connectivity index (χ1v) is 15.4. The lowest BCUT2D eigenvalue weighted by Gasteiger charge is -2.52. The van der Waals surface area contributed by atoms with Gasteiger partial charge < -0.3 is 9.80 Å². The average Bonchev–Trinajstić information content (AvgIpc) is 3.04. The van der Waals surface area contributed by atoms with E-state index in [0.29, 0.717) is 12.1 Å². The maximum atomic E-state index is 12.9. The third-order valence-electron chi connectivity index (χ3n) is 10.3. The molecule has 3 aliphatic heterocycles. The van der Waals surface area contributed by atoms with Gasteiger partial charge in [-0.2, -0.15) is 0 Å². The van der Waals surface area contributed by atoms with Crippen LogP contribution in [0.15, 0.2) is 0 Å². The van der Waals surface area contributed by atoms with Crippen LogP contribution in [0.25, 0.3) is 0 Å². The molecule has 7 nitrogen and oxygen atoms in total. The van der Waals surface area contributed by atoms with Crippen LogP contribution in [0.1, 0.15) is 87.5 Å². The summed E-state index contributed by atoms with van der Waals surface area (Å²) in [5.41, 5.74) is 0.438. The molecule has 38 heavy (non-hydrogen) atoms. The minimum Gasteiger partial charge on any atom is -0.336 e. The molecule has 0 saturated carbocycles. The van der Waals surface area contributed by atoms with Gasteiger partial charge in [0.15, 0.2) is 0 Å². The minimum absolute atomic E-state index is 0.0994. The van der Waals surface area contributed by atoms with Gasteiger partial charge in [0.1, 0.15) is 0 Å². The molecule has 222 valence electrons. The van der Waals surface area contributed by atoms with Crippen LogP contribution in [0, 0.1) is 0 Å². The zero-order valence-electron chi connectivity index (χ0n) is 27.0. The van der Waals surface area contributed by atoms with Crippen LogP contribution in [-0.2, 0) is 4.79 Å². The summed E-state index contributed by atoms with van der Waals surface area (Å²) < 4.78 is 0. The lowest BCUT2D eigenvalue weighted by Crippen LogP contribution is -2.67. The van der Waals surface area contributed by atoms with E-state index in [4.69, 9.17) is 0 Å². The van der Waals surface area contributed by atoms with Crippen LogP contribution in [0.2, 0.25) is 0 Å². The van der Waals surface area contributed by atoms with Crippen LogP contribution >= 0.6 is 0 Å². The highest BCUT2D eigenvalue weighted by atomic mass is 16.2.